The lowest BCUT2D eigenvalue weighted by Gasteiger charge is -2.25. The van der Waals surface area contributed by atoms with Gasteiger partial charge in [0.25, 0.3) is 0 Å². The molecule has 2 aromatic rings. The smallest absolute Gasteiger partial charge is 0.128 e. The minimum atomic E-state index is 0.453. The van der Waals surface area contributed by atoms with Crippen LogP contribution in [0.5, 0.6) is 0 Å². The molecule has 3 N–H and O–H groups in total. The van der Waals surface area contributed by atoms with Crippen molar-refractivity contribution in [3.8, 4) is 0 Å². The van der Waals surface area contributed by atoms with Crippen LogP contribution in [0.4, 0.5) is 11.5 Å². The van der Waals surface area contributed by atoms with Gasteiger partial charge in [0.15, 0.2) is 0 Å². The SMILES string of the molecule is Nc1ccnc(NC2CCc3ccccc3C2)c1. The maximum absolute atomic E-state index is 5.76. The number of aromatic nitrogens is 1. The molecule has 1 aliphatic rings. The maximum Gasteiger partial charge on any atom is 0.128 e. The minimum Gasteiger partial charge on any atom is -0.399 e. The van der Waals surface area contributed by atoms with E-state index in [1.165, 1.54) is 11.1 Å². The summed E-state index contributed by atoms with van der Waals surface area (Å²) < 4.78 is 0. The van der Waals surface area contributed by atoms with Gasteiger partial charge in [0, 0.05) is 24.0 Å². The van der Waals surface area contributed by atoms with Crippen LogP contribution < -0.4 is 11.1 Å². The molecule has 1 aromatic heterocycles. The third-order valence-corrected chi connectivity index (χ3v) is 3.48. The number of hydrogen-bond acceptors (Lipinski definition) is 3. The molecule has 1 aliphatic carbocycles. The molecular formula is C15H17N3. The second-order valence-corrected chi connectivity index (χ2v) is 4.83. The van der Waals surface area contributed by atoms with Crippen molar-refractivity contribution < 1.29 is 0 Å². The molecule has 3 heteroatoms. The molecule has 0 amide bonds. The predicted octanol–water partition coefficient (Wildman–Crippen LogP) is 2.63. The predicted molar refractivity (Wildman–Crippen MR) is 74.5 cm³/mol. The van der Waals surface area contributed by atoms with Gasteiger partial charge in [-0.2, -0.15) is 0 Å². The summed E-state index contributed by atoms with van der Waals surface area (Å²) in [5, 5.41) is 3.47. The summed E-state index contributed by atoms with van der Waals surface area (Å²) in [7, 11) is 0. The molecule has 92 valence electrons. The molecule has 1 heterocycles. The van der Waals surface area contributed by atoms with Gasteiger partial charge in [-0.05, 0) is 36.5 Å². The first kappa shape index (κ1) is 11.1. The normalized spacial score (nSPS) is 18.1. The highest BCUT2D eigenvalue weighted by atomic mass is 15.0. The lowest BCUT2D eigenvalue weighted by atomic mass is 9.88. The average Bonchev–Trinajstić information content (AvgIpc) is 2.39. The molecule has 0 bridgehead atoms. The monoisotopic (exact) mass is 239 g/mol. The first-order valence-corrected chi connectivity index (χ1v) is 6.36. The van der Waals surface area contributed by atoms with E-state index in [2.05, 4.69) is 34.6 Å². The zero-order chi connectivity index (χ0) is 12.4. The molecular weight excluding hydrogens is 222 g/mol. The van der Waals surface area contributed by atoms with Gasteiger partial charge >= 0.3 is 0 Å². The molecule has 0 saturated heterocycles. The van der Waals surface area contributed by atoms with Crippen LogP contribution in [0.3, 0.4) is 0 Å². The zero-order valence-corrected chi connectivity index (χ0v) is 10.3. The van der Waals surface area contributed by atoms with Crippen LogP contribution in [0.1, 0.15) is 17.5 Å². The average molecular weight is 239 g/mol. The Morgan fingerprint density at radius 2 is 2.00 bits per heavy atom. The Kier molecular flexibility index (Phi) is 2.89. The number of benzene rings is 1. The molecule has 1 unspecified atom stereocenters. The number of fused-ring (bicyclic) bond motifs is 1. The Bertz CT molecular complexity index is 551. The van der Waals surface area contributed by atoms with Crippen molar-refractivity contribution in [2.45, 2.75) is 25.3 Å². The minimum absolute atomic E-state index is 0.453. The summed E-state index contributed by atoms with van der Waals surface area (Å²) in [6, 6.07) is 12.8. The van der Waals surface area contributed by atoms with Gasteiger partial charge in [0.2, 0.25) is 0 Å². The van der Waals surface area contributed by atoms with E-state index in [0.717, 1.165) is 30.8 Å². The van der Waals surface area contributed by atoms with Crippen molar-refractivity contribution in [3.63, 3.8) is 0 Å². The summed E-state index contributed by atoms with van der Waals surface area (Å²) >= 11 is 0. The number of nitrogens with zero attached hydrogens (tertiary/aromatic N) is 1. The second kappa shape index (κ2) is 4.69. The van der Waals surface area contributed by atoms with Gasteiger partial charge < -0.3 is 11.1 Å². The van der Waals surface area contributed by atoms with Gasteiger partial charge in [0.05, 0.1) is 0 Å². The molecule has 0 fully saturated rings. The van der Waals surface area contributed by atoms with Crippen molar-refractivity contribution in [3.05, 3.63) is 53.7 Å². The lowest BCUT2D eigenvalue weighted by molar-refractivity contribution is 0.609. The van der Waals surface area contributed by atoms with E-state index in [4.69, 9.17) is 5.73 Å². The van der Waals surface area contributed by atoms with Crippen LogP contribution >= 0.6 is 0 Å². The molecule has 0 saturated carbocycles. The third kappa shape index (κ3) is 2.30. The molecule has 1 aromatic carbocycles. The largest absolute Gasteiger partial charge is 0.399 e. The first-order valence-electron chi connectivity index (χ1n) is 6.36. The topological polar surface area (TPSA) is 50.9 Å². The van der Waals surface area contributed by atoms with Gasteiger partial charge in [-0.25, -0.2) is 4.98 Å². The number of anilines is 2. The van der Waals surface area contributed by atoms with E-state index >= 15 is 0 Å². The molecule has 0 aliphatic heterocycles. The van der Waals surface area contributed by atoms with Crippen LogP contribution in [0.25, 0.3) is 0 Å². The lowest BCUT2D eigenvalue weighted by Crippen LogP contribution is -2.27. The summed E-state index contributed by atoms with van der Waals surface area (Å²) in [6.45, 7) is 0. The number of aryl methyl sites for hydroxylation is 1. The summed E-state index contributed by atoms with van der Waals surface area (Å²) in [6.07, 6.45) is 5.09. The van der Waals surface area contributed by atoms with Crippen molar-refractivity contribution >= 4 is 11.5 Å². The number of nitrogens with one attached hydrogen (secondary N) is 1. The zero-order valence-electron chi connectivity index (χ0n) is 10.3. The molecule has 0 spiro atoms. The summed E-state index contributed by atoms with van der Waals surface area (Å²) in [5.41, 5.74) is 9.45. The number of hydrogen-bond donors (Lipinski definition) is 2. The van der Waals surface area contributed by atoms with E-state index in [9.17, 15) is 0 Å². The van der Waals surface area contributed by atoms with E-state index in [0.29, 0.717) is 6.04 Å². The van der Waals surface area contributed by atoms with Crippen LogP contribution in [0.15, 0.2) is 42.6 Å². The summed E-state index contributed by atoms with van der Waals surface area (Å²) in [4.78, 5) is 4.30. The molecule has 1 atom stereocenters. The fraction of sp³-hybridized carbons (Fsp3) is 0.267. The van der Waals surface area contributed by atoms with Crippen LogP contribution in [0.2, 0.25) is 0 Å². The van der Waals surface area contributed by atoms with Gasteiger partial charge in [0.1, 0.15) is 5.82 Å². The van der Waals surface area contributed by atoms with Crippen molar-refractivity contribution in [1.82, 2.24) is 4.98 Å². The van der Waals surface area contributed by atoms with Crippen LogP contribution in [-0.2, 0) is 12.8 Å². The Hall–Kier alpha value is -2.03. The number of rotatable bonds is 2. The van der Waals surface area contributed by atoms with E-state index in [-0.39, 0.29) is 0 Å². The Balaban J connectivity index is 1.73. The highest BCUT2D eigenvalue weighted by Gasteiger charge is 2.18. The molecule has 0 radical (unpaired) electrons. The highest BCUT2D eigenvalue weighted by Crippen LogP contribution is 2.23. The quantitative estimate of drug-likeness (QED) is 0.847. The van der Waals surface area contributed by atoms with Crippen molar-refractivity contribution in [2.24, 2.45) is 0 Å². The first-order chi connectivity index (χ1) is 8.81. The Morgan fingerprint density at radius 1 is 1.17 bits per heavy atom. The van der Waals surface area contributed by atoms with E-state index in [1.807, 2.05) is 6.07 Å². The van der Waals surface area contributed by atoms with Gasteiger partial charge in [-0.1, -0.05) is 24.3 Å². The number of nitrogen functional groups attached to an aromatic ring is 1. The molecule has 3 rings (SSSR count). The van der Waals surface area contributed by atoms with E-state index < -0.39 is 0 Å². The summed E-state index contributed by atoms with van der Waals surface area (Å²) in [5.74, 6) is 0.874. The fourth-order valence-corrected chi connectivity index (χ4v) is 2.56. The standard InChI is InChI=1S/C15H17N3/c16-13-7-8-17-15(10-13)18-14-6-5-11-3-1-2-4-12(11)9-14/h1-4,7-8,10,14H,5-6,9H2,(H3,16,17,18). The highest BCUT2D eigenvalue weighted by molar-refractivity contribution is 5.49. The van der Waals surface area contributed by atoms with Crippen molar-refractivity contribution in [2.75, 3.05) is 11.1 Å². The second-order valence-electron chi connectivity index (χ2n) is 4.83. The van der Waals surface area contributed by atoms with Crippen LogP contribution in [-0.4, -0.2) is 11.0 Å². The molecule has 18 heavy (non-hydrogen) atoms. The fourth-order valence-electron chi connectivity index (χ4n) is 2.56. The van der Waals surface area contributed by atoms with Crippen molar-refractivity contribution in [1.29, 1.82) is 0 Å². The van der Waals surface area contributed by atoms with Gasteiger partial charge in [-0.15, -0.1) is 0 Å². The maximum atomic E-state index is 5.76. The Morgan fingerprint density at radius 3 is 2.83 bits per heavy atom. The Labute approximate surface area is 107 Å². The van der Waals surface area contributed by atoms with Gasteiger partial charge in [-0.3, -0.25) is 0 Å². The third-order valence-electron chi connectivity index (χ3n) is 3.48. The van der Waals surface area contributed by atoms with Crippen LogP contribution in [0, 0.1) is 0 Å². The van der Waals surface area contributed by atoms with E-state index in [1.54, 1.807) is 12.3 Å². The number of pyridine rings is 1. The number of nitrogens with two attached hydrogens (primary N) is 1. The molecule has 3 nitrogen and oxygen atoms in total.